The normalized spacial score (nSPS) is 12.8. The summed E-state index contributed by atoms with van der Waals surface area (Å²) in [4.78, 5) is 44.8. The lowest BCUT2D eigenvalue weighted by Gasteiger charge is -2.14. The summed E-state index contributed by atoms with van der Waals surface area (Å²) in [6, 6.07) is -1.82. The van der Waals surface area contributed by atoms with Crippen LogP contribution in [0.25, 0.3) is 0 Å². The van der Waals surface area contributed by atoms with Gasteiger partial charge in [0.1, 0.15) is 12.1 Å². The van der Waals surface area contributed by atoms with Crippen LogP contribution in [-0.2, 0) is 19.2 Å². The number of carbonyl (C=O) groups is 4. The number of carbonyl (C=O) groups excluding carboxylic acids is 3. The van der Waals surface area contributed by atoms with Crippen molar-refractivity contribution in [3.8, 4) is 0 Å². The molecule has 0 aromatic rings. The molecule has 11 heteroatoms. The van der Waals surface area contributed by atoms with Gasteiger partial charge in [0.2, 0.25) is 17.7 Å². The lowest BCUT2D eigenvalue weighted by Crippen LogP contribution is -2.48. The first kappa shape index (κ1) is 21.8. The smallest absolute Gasteiger partial charge is 0.323 e. The Bertz CT molecular complexity index is 445. The minimum atomic E-state index is -1.15. The van der Waals surface area contributed by atoms with E-state index >= 15 is 0 Å². The first-order chi connectivity index (χ1) is 11.3. The Kier molecular flexibility index (Phi) is 11.1. The van der Waals surface area contributed by atoms with E-state index in [0.717, 1.165) is 0 Å². The number of nitrogens with one attached hydrogen (secondary N) is 4. The van der Waals surface area contributed by atoms with Crippen molar-refractivity contribution in [3.05, 3.63) is 0 Å². The zero-order valence-corrected chi connectivity index (χ0v) is 13.5. The van der Waals surface area contributed by atoms with E-state index in [2.05, 4.69) is 16.0 Å². The van der Waals surface area contributed by atoms with E-state index in [1.54, 1.807) is 5.48 Å². The predicted molar refractivity (Wildman–Crippen MR) is 82.9 cm³/mol. The van der Waals surface area contributed by atoms with Crippen molar-refractivity contribution < 1.29 is 29.5 Å². The molecule has 0 radical (unpaired) electrons. The number of amides is 3. The van der Waals surface area contributed by atoms with E-state index in [9.17, 15) is 19.2 Å². The number of aliphatic carboxylic acids is 1. The van der Waals surface area contributed by atoms with Gasteiger partial charge in [-0.05, 0) is 26.2 Å². The third-order valence-electron chi connectivity index (χ3n) is 3.08. The number of nitrogens with two attached hydrogens (primary N) is 1. The molecule has 3 amide bonds. The van der Waals surface area contributed by atoms with Gasteiger partial charge in [-0.3, -0.25) is 19.2 Å². The number of hydroxylamine groups is 1. The number of rotatable bonds is 12. The summed E-state index contributed by atoms with van der Waals surface area (Å²) < 4.78 is 0. The minimum absolute atomic E-state index is 0.217. The summed E-state index contributed by atoms with van der Waals surface area (Å²) in [5, 5.41) is 24.6. The molecule has 24 heavy (non-hydrogen) atoms. The third kappa shape index (κ3) is 9.71. The van der Waals surface area contributed by atoms with Crippen LogP contribution in [0.1, 0.15) is 26.2 Å². The Morgan fingerprint density at radius 3 is 2.29 bits per heavy atom. The highest BCUT2D eigenvalue weighted by atomic mass is 16.5. The largest absolute Gasteiger partial charge is 0.480 e. The second-order valence-electron chi connectivity index (χ2n) is 5.08. The molecule has 0 saturated heterocycles. The maximum absolute atomic E-state index is 11.8. The van der Waals surface area contributed by atoms with Crippen LogP contribution in [0.15, 0.2) is 0 Å². The molecule has 0 aliphatic carbocycles. The second kappa shape index (κ2) is 12.2. The van der Waals surface area contributed by atoms with Crippen LogP contribution in [-0.4, -0.2) is 65.7 Å². The van der Waals surface area contributed by atoms with Crippen LogP contribution >= 0.6 is 0 Å². The van der Waals surface area contributed by atoms with Crippen LogP contribution in [0.2, 0.25) is 0 Å². The fraction of sp³-hybridized carbons (Fsp3) is 0.692. The molecule has 0 aliphatic heterocycles. The maximum atomic E-state index is 11.8. The zero-order valence-electron chi connectivity index (χ0n) is 13.5. The van der Waals surface area contributed by atoms with E-state index in [1.165, 1.54) is 6.92 Å². The number of hydrogen-bond donors (Lipinski definition) is 7. The second-order valence-corrected chi connectivity index (χ2v) is 5.08. The molecule has 138 valence electrons. The number of carboxylic acid groups (broad SMARTS) is 1. The highest BCUT2D eigenvalue weighted by molar-refractivity contribution is 5.90. The maximum Gasteiger partial charge on any atom is 0.323 e. The monoisotopic (exact) mass is 347 g/mol. The summed E-state index contributed by atoms with van der Waals surface area (Å²) in [6.45, 7) is 1.31. The topological polar surface area (TPSA) is 183 Å². The van der Waals surface area contributed by atoms with E-state index in [0.29, 0.717) is 19.4 Å². The first-order valence-corrected chi connectivity index (χ1v) is 7.48. The Morgan fingerprint density at radius 1 is 1.08 bits per heavy atom. The molecule has 2 atom stereocenters. The highest BCUT2D eigenvalue weighted by Crippen LogP contribution is 2.00. The lowest BCUT2D eigenvalue weighted by molar-refractivity contribution is -0.142. The van der Waals surface area contributed by atoms with Crippen LogP contribution in [0.4, 0.5) is 0 Å². The predicted octanol–water partition coefficient (Wildman–Crippen LogP) is -2.72. The molecule has 0 aromatic heterocycles. The van der Waals surface area contributed by atoms with Crippen molar-refractivity contribution in [1.29, 1.82) is 0 Å². The van der Waals surface area contributed by atoms with Gasteiger partial charge in [-0.2, -0.15) is 5.48 Å². The molecule has 0 rings (SSSR count). The van der Waals surface area contributed by atoms with E-state index in [1.807, 2.05) is 0 Å². The van der Waals surface area contributed by atoms with Gasteiger partial charge in [0.25, 0.3) is 0 Å². The minimum Gasteiger partial charge on any atom is -0.480 e. The molecule has 0 saturated carbocycles. The molecule has 0 fully saturated rings. The first-order valence-electron chi connectivity index (χ1n) is 7.48. The summed E-state index contributed by atoms with van der Waals surface area (Å²) in [5.41, 5.74) is 6.77. The lowest BCUT2D eigenvalue weighted by atomic mass is 10.1. The van der Waals surface area contributed by atoms with E-state index < -0.39 is 35.8 Å². The van der Waals surface area contributed by atoms with Crippen LogP contribution < -0.4 is 27.2 Å². The summed E-state index contributed by atoms with van der Waals surface area (Å²) in [6.07, 6.45) is 1.22. The molecule has 8 N–H and O–H groups in total. The molecular weight excluding hydrogens is 322 g/mol. The van der Waals surface area contributed by atoms with Crippen molar-refractivity contribution in [3.63, 3.8) is 0 Å². The van der Waals surface area contributed by atoms with Gasteiger partial charge in [0.05, 0.1) is 13.1 Å². The van der Waals surface area contributed by atoms with Crippen LogP contribution in [0, 0.1) is 0 Å². The van der Waals surface area contributed by atoms with Crippen molar-refractivity contribution in [2.75, 3.05) is 19.6 Å². The van der Waals surface area contributed by atoms with Gasteiger partial charge < -0.3 is 32.0 Å². The standard InChI is InChI=1S/C13H25N5O6/c1-8(17-11(20)7-16-10(19)6-14)12(21)15-5-3-2-4-9(18-24)13(22)23/h8-9,18,24H,2-7,14H2,1H3,(H,15,21)(H,16,19)(H,17,20)(H,22,23)/t8-,9-/m0/s1. The molecular formula is C13H25N5O6. The molecule has 0 bridgehead atoms. The highest BCUT2D eigenvalue weighted by Gasteiger charge is 2.17. The summed E-state index contributed by atoms with van der Waals surface area (Å²) >= 11 is 0. The quantitative estimate of drug-likeness (QED) is 0.147. The zero-order chi connectivity index (χ0) is 18.5. The summed E-state index contributed by atoms with van der Waals surface area (Å²) in [7, 11) is 0. The van der Waals surface area contributed by atoms with Crippen molar-refractivity contribution in [1.82, 2.24) is 21.4 Å². The Morgan fingerprint density at radius 2 is 1.75 bits per heavy atom. The van der Waals surface area contributed by atoms with Crippen molar-refractivity contribution >= 4 is 23.7 Å². The average molecular weight is 347 g/mol. The molecule has 0 spiro atoms. The molecule has 0 heterocycles. The third-order valence-corrected chi connectivity index (χ3v) is 3.08. The van der Waals surface area contributed by atoms with E-state index in [4.69, 9.17) is 16.0 Å². The molecule has 0 aromatic carbocycles. The van der Waals surface area contributed by atoms with Crippen molar-refractivity contribution in [2.24, 2.45) is 5.73 Å². The van der Waals surface area contributed by atoms with Gasteiger partial charge in [-0.25, -0.2) is 0 Å². The van der Waals surface area contributed by atoms with Gasteiger partial charge in [-0.1, -0.05) is 0 Å². The van der Waals surface area contributed by atoms with E-state index in [-0.39, 0.29) is 19.5 Å². The van der Waals surface area contributed by atoms with Gasteiger partial charge in [0.15, 0.2) is 0 Å². The molecule has 0 unspecified atom stereocenters. The SMILES string of the molecule is C[C@H](NC(=O)CNC(=O)CN)C(=O)NCCCC[C@H](NO)C(=O)O. The molecule has 11 nitrogen and oxygen atoms in total. The Labute approximate surface area is 139 Å². The molecule has 0 aliphatic rings. The van der Waals surface area contributed by atoms with Gasteiger partial charge >= 0.3 is 5.97 Å². The number of unbranched alkanes of at least 4 members (excludes halogenated alkanes) is 1. The fourth-order valence-electron chi connectivity index (χ4n) is 1.69. The van der Waals surface area contributed by atoms with Crippen molar-refractivity contribution in [2.45, 2.75) is 38.3 Å². The Hall–Kier alpha value is -2.24. The Balaban J connectivity index is 3.88. The van der Waals surface area contributed by atoms with Gasteiger partial charge in [-0.15, -0.1) is 0 Å². The van der Waals surface area contributed by atoms with Crippen LogP contribution in [0.5, 0.6) is 0 Å². The summed E-state index contributed by atoms with van der Waals surface area (Å²) in [5.74, 6) is -2.54. The van der Waals surface area contributed by atoms with Gasteiger partial charge in [0, 0.05) is 6.54 Å². The van der Waals surface area contributed by atoms with Crippen LogP contribution in [0.3, 0.4) is 0 Å². The number of carboxylic acids is 1. The average Bonchev–Trinajstić information content (AvgIpc) is 2.54. The number of hydrogen-bond acceptors (Lipinski definition) is 7. The fourth-order valence-corrected chi connectivity index (χ4v) is 1.69.